The van der Waals surface area contributed by atoms with Crippen molar-refractivity contribution in [2.45, 2.75) is 38.8 Å². The van der Waals surface area contributed by atoms with E-state index in [1.54, 1.807) is 55.2 Å². The molecule has 0 bridgehead atoms. The smallest absolute Gasteiger partial charge is 0.261 e. The second-order valence-corrected chi connectivity index (χ2v) is 19.8. The van der Waals surface area contributed by atoms with Crippen LogP contribution in [0.25, 0.3) is 21.7 Å². The lowest BCUT2D eigenvalue weighted by Gasteiger charge is -2.43. The number of nitrogens with zero attached hydrogens (tertiary/aromatic N) is 3. The van der Waals surface area contributed by atoms with Gasteiger partial charge in [-0.2, -0.15) is 0 Å². The average Bonchev–Trinajstić information content (AvgIpc) is 3.51. The first-order valence-electron chi connectivity index (χ1n) is 19.0. The lowest BCUT2D eigenvalue weighted by atomic mass is 9.97. The molecule has 0 saturated carbocycles. The Morgan fingerprint density at radius 1 is 0.860 bits per heavy atom. The van der Waals surface area contributed by atoms with E-state index in [9.17, 15) is 14.3 Å². The number of amides is 1. The fraction of sp³-hybridized carbons (Fsp3) is 0.234. The lowest BCUT2D eigenvalue weighted by Crippen LogP contribution is -2.67. The molecule has 0 aliphatic heterocycles. The molecular weight excluding hydrogens is 734 g/mol. The molecule has 2 aromatic heterocycles. The van der Waals surface area contributed by atoms with Gasteiger partial charge in [0.05, 0.1) is 24.7 Å². The van der Waals surface area contributed by atoms with Gasteiger partial charge in [0.15, 0.2) is 5.75 Å². The van der Waals surface area contributed by atoms with E-state index in [-0.39, 0.29) is 29.2 Å². The van der Waals surface area contributed by atoms with Crippen molar-refractivity contribution < 1.29 is 28.2 Å². The maximum Gasteiger partial charge on any atom is 0.261 e. The molecule has 5 aromatic carbocycles. The minimum atomic E-state index is -2.85. The second-order valence-electron chi connectivity index (χ2n) is 15.5. The van der Waals surface area contributed by atoms with E-state index in [1.807, 2.05) is 42.5 Å². The Kier molecular flexibility index (Phi) is 11.2. The van der Waals surface area contributed by atoms with Crippen molar-refractivity contribution in [3.05, 3.63) is 156 Å². The number of aryl methyl sites for hydroxylation is 1. The first kappa shape index (κ1) is 39.3. The Balaban J connectivity index is 1.29. The van der Waals surface area contributed by atoms with Gasteiger partial charge in [0.25, 0.3) is 14.2 Å². The zero-order chi connectivity index (χ0) is 40.3. The number of likely N-dealkylation sites (N-methyl/N-ethyl adjacent to an activating group) is 1. The van der Waals surface area contributed by atoms with E-state index in [0.717, 1.165) is 32.8 Å². The van der Waals surface area contributed by atoms with Crippen LogP contribution in [0.2, 0.25) is 5.04 Å². The third kappa shape index (κ3) is 7.75. The van der Waals surface area contributed by atoms with Gasteiger partial charge in [-0.25, -0.2) is 4.39 Å². The van der Waals surface area contributed by atoms with Gasteiger partial charge in [0, 0.05) is 43.8 Å². The molecule has 0 radical (unpaired) electrons. The number of halogens is 1. The summed E-state index contributed by atoms with van der Waals surface area (Å²) in [6.07, 6.45) is 3.98. The molecule has 7 aromatic rings. The Bertz CT molecular complexity index is 2460. The Hall–Kier alpha value is -5.97. The zero-order valence-corrected chi connectivity index (χ0v) is 34.3. The average molecular weight is 782 g/mol. The number of pyridine rings is 1. The van der Waals surface area contributed by atoms with Crippen molar-refractivity contribution >= 4 is 46.3 Å². The molecule has 0 aliphatic rings. The van der Waals surface area contributed by atoms with Crippen LogP contribution >= 0.6 is 0 Å². The minimum absolute atomic E-state index is 0.0412. The van der Waals surface area contributed by atoms with Crippen molar-refractivity contribution in [1.29, 1.82) is 0 Å². The van der Waals surface area contributed by atoms with Crippen molar-refractivity contribution in [2.75, 3.05) is 27.3 Å². The molecule has 10 heteroatoms. The number of carbonyl (C=O) groups is 1. The second kappa shape index (κ2) is 16.2. The van der Waals surface area contributed by atoms with E-state index >= 15 is 0 Å². The van der Waals surface area contributed by atoms with Crippen molar-refractivity contribution in [2.24, 2.45) is 7.05 Å². The van der Waals surface area contributed by atoms with Gasteiger partial charge >= 0.3 is 0 Å². The summed E-state index contributed by atoms with van der Waals surface area (Å²) in [5, 5.41) is 15.1. The molecule has 2 heterocycles. The molecule has 57 heavy (non-hydrogen) atoms. The summed E-state index contributed by atoms with van der Waals surface area (Å²) in [6, 6.07) is 36.7. The molecule has 0 unspecified atom stereocenters. The van der Waals surface area contributed by atoms with Crippen LogP contribution in [0.1, 0.15) is 47.8 Å². The van der Waals surface area contributed by atoms with Crippen molar-refractivity contribution in [3.8, 4) is 17.4 Å². The van der Waals surface area contributed by atoms with E-state index in [0.29, 0.717) is 52.6 Å². The highest BCUT2D eigenvalue weighted by molar-refractivity contribution is 6.99. The summed E-state index contributed by atoms with van der Waals surface area (Å²) in [7, 11) is 2.28. The number of benzene rings is 5. The third-order valence-electron chi connectivity index (χ3n) is 10.7. The van der Waals surface area contributed by atoms with Gasteiger partial charge < -0.3 is 28.5 Å². The van der Waals surface area contributed by atoms with Gasteiger partial charge in [-0.3, -0.25) is 9.78 Å². The van der Waals surface area contributed by atoms with Crippen LogP contribution in [0, 0.1) is 5.82 Å². The van der Waals surface area contributed by atoms with E-state index in [1.165, 1.54) is 12.1 Å². The fourth-order valence-electron chi connectivity index (χ4n) is 7.75. The summed E-state index contributed by atoms with van der Waals surface area (Å²) in [5.74, 6) is 0.503. The Labute approximate surface area is 334 Å². The Morgan fingerprint density at radius 3 is 2.07 bits per heavy atom. The quantitative estimate of drug-likeness (QED) is 0.118. The molecule has 292 valence electrons. The van der Waals surface area contributed by atoms with Gasteiger partial charge in [0.2, 0.25) is 5.88 Å². The molecule has 1 amide bonds. The summed E-state index contributed by atoms with van der Waals surface area (Å²) in [5.41, 5.74) is 3.47. The largest absolute Gasteiger partial charge is 0.497 e. The highest BCUT2D eigenvalue weighted by atomic mass is 28.4. The number of fused-ring (bicyclic) bond motifs is 2. The summed E-state index contributed by atoms with van der Waals surface area (Å²) < 4.78 is 34.4. The number of rotatable bonds is 13. The van der Waals surface area contributed by atoms with Crippen LogP contribution in [-0.2, 0) is 24.5 Å². The summed E-state index contributed by atoms with van der Waals surface area (Å²) in [6.45, 7) is 7.49. The molecule has 8 nitrogen and oxygen atoms in total. The van der Waals surface area contributed by atoms with Crippen LogP contribution in [0.3, 0.4) is 0 Å². The number of methoxy groups -OCH3 is 1. The van der Waals surface area contributed by atoms with Gasteiger partial charge in [-0.05, 0) is 68.9 Å². The lowest BCUT2D eigenvalue weighted by molar-refractivity contribution is 0.0775. The highest BCUT2D eigenvalue weighted by Crippen LogP contribution is 2.44. The van der Waals surface area contributed by atoms with Crippen LogP contribution in [-0.4, -0.2) is 61.1 Å². The molecule has 0 aliphatic carbocycles. The van der Waals surface area contributed by atoms with E-state index in [4.69, 9.17) is 18.9 Å². The maximum atomic E-state index is 14.9. The van der Waals surface area contributed by atoms with Crippen LogP contribution in [0.15, 0.2) is 128 Å². The Morgan fingerprint density at radius 2 is 1.47 bits per heavy atom. The van der Waals surface area contributed by atoms with Crippen LogP contribution in [0.5, 0.6) is 17.4 Å². The van der Waals surface area contributed by atoms with Crippen LogP contribution in [0.4, 0.5) is 4.39 Å². The predicted octanol–water partition coefficient (Wildman–Crippen LogP) is 8.40. The number of aromatic hydroxyl groups is 1. The molecule has 1 N–H and O–H groups in total. The maximum absolute atomic E-state index is 14.9. The predicted molar refractivity (Wildman–Crippen MR) is 227 cm³/mol. The first-order chi connectivity index (χ1) is 27.4. The van der Waals surface area contributed by atoms with E-state index < -0.39 is 8.32 Å². The van der Waals surface area contributed by atoms with E-state index in [2.05, 4.69) is 69.3 Å². The number of hydrogen-bond donors (Lipinski definition) is 1. The van der Waals surface area contributed by atoms with Crippen LogP contribution < -0.4 is 19.8 Å². The van der Waals surface area contributed by atoms with Gasteiger partial charge in [-0.15, -0.1) is 0 Å². The molecule has 7 rings (SSSR count). The molecule has 0 saturated heterocycles. The molecule has 0 fully saturated rings. The first-order valence-corrected chi connectivity index (χ1v) is 21.0. The zero-order valence-electron chi connectivity index (χ0n) is 33.3. The highest BCUT2D eigenvalue weighted by Gasteiger charge is 2.50. The fourth-order valence-corrected chi connectivity index (χ4v) is 12.3. The number of ether oxygens (including phenoxy) is 2. The van der Waals surface area contributed by atoms with Crippen molar-refractivity contribution in [1.82, 2.24) is 14.5 Å². The van der Waals surface area contributed by atoms with Gasteiger partial charge in [-0.1, -0.05) is 106 Å². The van der Waals surface area contributed by atoms with Crippen molar-refractivity contribution in [3.63, 3.8) is 0 Å². The third-order valence-corrected chi connectivity index (χ3v) is 15.7. The monoisotopic (exact) mass is 781 g/mol. The molecular formula is C47H48FN3O5Si. The number of aromatic nitrogens is 2. The normalized spacial score (nSPS) is 11.9. The number of hydrogen-bond acceptors (Lipinski definition) is 6. The number of carbonyl (C=O) groups excluding carboxylic acids is 1. The van der Waals surface area contributed by atoms with Gasteiger partial charge in [0.1, 0.15) is 23.7 Å². The minimum Gasteiger partial charge on any atom is -0.497 e. The summed E-state index contributed by atoms with van der Waals surface area (Å²) in [4.78, 5) is 21.5. The summed E-state index contributed by atoms with van der Waals surface area (Å²) >= 11 is 0. The molecule has 0 atom stereocenters. The molecule has 0 spiro atoms. The SMILES string of the molecule is COc1ccc(COc2c3ncc(Cc4ccc(F)cc4)cc3c(C(=O)N(C)CCO[Si](c3ccccc3)(c3ccccc3)C(C)(C)C)c3cn(C)c(O)c23)cc1. The topological polar surface area (TPSA) is 86.0 Å². The standard InChI is InChI=1S/C47H48FN3O5Si/c1-47(2,3)57(37-13-9-7-10-14-37,38-15-11-8-12-16-38)56-26-25-50(4)45(52)41-39-28-34(27-32-17-21-35(48)22-18-32)29-49-43(39)44(42-40(41)30-51(5)46(42)53)55-31-33-19-23-36(54-6)24-20-33/h7-24,28-30,53H,25-27,31H2,1-6H3.